The maximum absolute atomic E-state index is 12.3. The van der Waals surface area contributed by atoms with Crippen molar-refractivity contribution in [3.63, 3.8) is 0 Å². The van der Waals surface area contributed by atoms with Gasteiger partial charge in [0.15, 0.2) is 11.5 Å². The van der Waals surface area contributed by atoms with Crippen LogP contribution >= 0.6 is 0 Å². The number of hydrogen-bond acceptors (Lipinski definition) is 5. The zero-order valence-corrected chi connectivity index (χ0v) is 14.2. The second kappa shape index (κ2) is 6.22. The number of aromatic nitrogens is 2. The van der Waals surface area contributed by atoms with Gasteiger partial charge in [0.25, 0.3) is 5.56 Å². The zero-order valence-electron chi connectivity index (χ0n) is 14.2. The van der Waals surface area contributed by atoms with Crippen LogP contribution < -0.4 is 15.0 Å². The first-order valence-corrected chi connectivity index (χ1v) is 8.14. The summed E-state index contributed by atoms with van der Waals surface area (Å²) < 4.78 is 12.3. The maximum atomic E-state index is 12.3. The minimum Gasteiger partial charge on any atom is -0.454 e. The van der Waals surface area contributed by atoms with Crippen LogP contribution in [0.25, 0.3) is 5.65 Å². The highest BCUT2D eigenvalue weighted by atomic mass is 16.7. The molecule has 6 heteroatoms. The summed E-state index contributed by atoms with van der Waals surface area (Å²) in [5.74, 6) is 1.56. The molecule has 0 aliphatic carbocycles. The van der Waals surface area contributed by atoms with E-state index in [1.807, 2.05) is 50.5 Å². The first kappa shape index (κ1) is 15.7. The molecule has 0 saturated heterocycles. The van der Waals surface area contributed by atoms with E-state index in [-0.39, 0.29) is 12.4 Å². The van der Waals surface area contributed by atoms with Crippen molar-refractivity contribution in [3.8, 4) is 11.5 Å². The molecule has 3 aromatic rings. The van der Waals surface area contributed by atoms with Gasteiger partial charge in [-0.25, -0.2) is 4.98 Å². The SMILES string of the molecule is Cc1ccc2nc(CN(C)Cc3ccc4c(c3)OCO4)cc(=O)n2c1. The number of pyridine rings is 1. The van der Waals surface area contributed by atoms with Gasteiger partial charge in [-0.1, -0.05) is 12.1 Å². The van der Waals surface area contributed by atoms with E-state index in [2.05, 4.69) is 9.88 Å². The van der Waals surface area contributed by atoms with Gasteiger partial charge in [-0.05, 0) is 43.3 Å². The third-order valence-electron chi connectivity index (χ3n) is 4.18. The third-order valence-corrected chi connectivity index (χ3v) is 4.18. The van der Waals surface area contributed by atoms with Gasteiger partial charge in [-0.2, -0.15) is 0 Å². The molecule has 0 unspecified atom stereocenters. The lowest BCUT2D eigenvalue weighted by Gasteiger charge is -2.16. The summed E-state index contributed by atoms with van der Waals surface area (Å²) in [6.45, 7) is 3.55. The van der Waals surface area contributed by atoms with Crippen molar-refractivity contribution in [2.75, 3.05) is 13.8 Å². The number of nitrogens with zero attached hydrogens (tertiary/aromatic N) is 3. The van der Waals surface area contributed by atoms with Crippen LogP contribution in [0.3, 0.4) is 0 Å². The molecule has 6 nitrogen and oxygen atoms in total. The minimum absolute atomic E-state index is 0.0554. The van der Waals surface area contributed by atoms with Crippen LogP contribution in [0.1, 0.15) is 16.8 Å². The Morgan fingerprint density at radius 1 is 1.12 bits per heavy atom. The van der Waals surface area contributed by atoms with Gasteiger partial charge in [0.1, 0.15) is 5.65 Å². The van der Waals surface area contributed by atoms with E-state index in [0.29, 0.717) is 12.2 Å². The van der Waals surface area contributed by atoms with Gasteiger partial charge in [-0.3, -0.25) is 14.1 Å². The molecule has 0 radical (unpaired) electrons. The lowest BCUT2D eigenvalue weighted by molar-refractivity contribution is 0.174. The molecule has 2 aromatic heterocycles. The van der Waals surface area contributed by atoms with E-state index in [9.17, 15) is 4.79 Å². The zero-order chi connectivity index (χ0) is 17.4. The standard InChI is InChI=1S/C19H19N3O3/c1-13-3-6-18-20-15(8-19(23)22(18)9-13)11-21(2)10-14-4-5-16-17(7-14)25-12-24-16/h3-9H,10-12H2,1-2H3. The molecule has 4 rings (SSSR count). The monoisotopic (exact) mass is 337 g/mol. The Balaban J connectivity index is 1.52. The van der Waals surface area contributed by atoms with Crippen molar-refractivity contribution in [2.45, 2.75) is 20.0 Å². The van der Waals surface area contributed by atoms with Gasteiger partial charge in [-0.15, -0.1) is 0 Å². The first-order chi connectivity index (χ1) is 12.1. The van der Waals surface area contributed by atoms with E-state index >= 15 is 0 Å². The summed E-state index contributed by atoms with van der Waals surface area (Å²) in [4.78, 5) is 19.0. The van der Waals surface area contributed by atoms with Crippen LogP contribution in [-0.4, -0.2) is 28.1 Å². The molecule has 0 bridgehead atoms. The molecule has 1 aromatic carbocycles. The van der Waals surface area contributed by atoms with E-state index in [1.165, 1.54) is 0 Å². The lowest BCUT2D eigenvalue weighted by atomic mass is 10.2. The molecule has 0 spiro atoms. The van der Waals surface area contributed by atoms with Crippen molar-refractivity contribution in [1.82, 2.24) is 14.3 Å². The van der Waals surface area contributed by atoms with Crippen LogP contribution in [0.4, 0.5) is 0 Å². The van der Waals surface area contributed by atoms with E-state index < -0.39 is 0 Å². The van der Waals surface area contributed by atoms with Crippen LogP contribution in [0.15, 0.2) is 47.4 Å². The highest BCUT2D eigenvalue weighted by Gasteiger charge is 2.14. The maximum Gasteiger partial charge on any atom is 0.258 e. The fraction of sp³-hybridized carbons (Fsp3) is 0.263. The second-order valence-electron chi connectivity index (χ2n) is 6.38. The normalized spacial score (nSPS) is 12.9. The highest BCUT2D eigenvalue weighted by molar-refractivity contribution is 5.44. The van der Waals surface area contributed by atoms with E-state index in [0.717, 1.165) is 34.9 Å². The van der Waals surface area contributed by atoms with Crippen LogP contribution in [0, 0.1) is 6.92 Å². The Kier molecular flexibility index (Phi) is 3.89. The summed E-state index contributed by atoms with van der Waals surface area (Å²) in [5.41, 5.74) is 3.53. The summed E-state index contributed by atoms with van der Waals surface area (Å²) in [5, 5.41) is 0. The second-order valence-corrected chi connectivity index (χ2v) is 6.38. The molecule has 1 aliphatic rings. The van der Waals surface area contributed by atoms with Crippen molar-refractivity contribution in [1.29, 1.82) is 0 Å². The molecular formula is C19H19N3O3. The average molecular weight is 337 g/mol. The Morgan fingerprint density at radius 3 is 2.84 bits per heavy atom. The van der Waals surface area contributed by atoms with Crippen molar-refractivity contribution in [2.24, 2.45) is 0 Å². The average Bonchev–Trinajstić information content (AvgIpc) is 3.03. The van der Waals surface area contributed by atoms with Gasteiger partial charge in [0.05, 0.1) is 5.69 Å². The lowest BCUT2D eigenvalue weighted by Crippen LogP contribution is -2.22. The molecule has 0 N–H and O–H groups in total. The third kappa shape index (κ3) is 3.21. The van der Waals surface area contributed by atoms with E-state index in [1.54, 1.807) is 10.5 Å². The molecular weight excluding hydrogens is 318 g/mol. The Hall–Kier alpha value is -2.86. The minimum atomic E-state index is -0.0554. The van der Waals surface area contributed by atoms with Gasteiger partial charge >= 0.3 is 0 Å². The van der Waals surface area contributed by atoms with Crippen LogP contribution in [0.5, 0.6) is 11.5 Å². The Bertz CT molecular complexity index is 997. The van der Waals surface area contributed by atoms with Gasteiger partial charge in [0, 0.05) is 25.4 Å². The first-order valence-electron chi connectivity index (χ1n) is 8.14. The molecule has 25 heavy (non-hydrogen) atoms. The van der Waals surface area contributed by atoms with Crippen molar-refractivity contribution in [3.05, 3.63) is 69.8 Å². The topological polar surface area (TPSA) is 56.1 Å². The molecule has 0 saturated carbocycles. The molecule has 1 aliphatic heterocycles. The van der Waals surface area contributed by atoms with Crippen molar-refractivity contribution >= 4 is 5.65 Å². The fourth-order valence-corrected chi connectivity index (χ4v) is 3.02. The predicted octanol–water partition coefficient (Wildman–Crippen LogP) is 2.36. The van der Waals surface area contributed by atoms with Crippen LogP contribution in [0.2, 0.25) is 0 Å². The Labute approximate surface area is 145 Å². The molecule has 3 heterocycles. The number of rotatable bonds is 4. The quantitative estimate of drug-likeness (QED) is 0.731. The van der Waals surface area contributed by atoms with Crippen LogP contribution in [-0.2, 0) is 13.1 Å². The smallest absolute Gasteiger partial charge is 0.258 e. The fourth-order valence-electron chi connectivity index (χ4n) is 3.02. The Morgan fingerprint density at radius 2 is 1.96 bits per heavy atom. The molecule has 0 fully saturated rings. The molecule has 128 valence electrons. The largest absolute Gasteiger partial charge is 0.454 e. The number of ether oxygens (including phenoxy) is 2. The summed E-state index contributed by atoms with van der Waals surface area (Å²) >= 11 is 0. The predicted molar refractivity (Wildman–Crippen MR) is 93.9 cm³/mol. The number of hydrogen-bond donors (Lipinski definition) is 0. The molecule has 0 amide bonds. The van der Waals surface area contributed by atoms with Crippen molar-refractivity contribution < 1.29 is 9.47 Å². The van der Waals surface area contributed by atoms with Gasteiger partial charge < -0.3 is 9.47 Å². The summed E-state index contributed by atoms with van der Waals surface area (Å²) in [6.07, 6.45) is 1.81. The summed E-state index contributed by atoms with van der Waals surface area (Å²) in [6, 6.07) is 11.4. The highest BCUT2D eigenvalue weighted by Crippen LogP contribution is 2.32. The number of fused-ring (bicyclic) bond motifs is 2. The summed E-state index contributed by atoms with van der Waals surface area (Å²) in [7, 11) is 2.00. The number of aryl methyl sites for hydroxylation is 1. The molecule has 0 atom stereocenters. The number of benzene rings is 1. The van der Waals surface area contributed by atoms with Gasteiger partial charge in [0.2, 0.25) is 6.79 Å². The van der Waals surface area contributed by atoms with E-state index in [4.69, 9.17) is 9.47 Å².